The SMILES string of the molecule is CCC(C)N1CCOCC1CCN. The molecule has 0 aliphatic carbocycles. The fourth-order valence-corrected chi connectivity index (χ4v) is 1.92. The minimum Gasteiger partial charge on any atom is -0.378 e. The lowest BCUT2D eigenvalue weighted by molar-refractivity contribution is -0.0279. The van der Waals surface area contributed by atoms with Crippen molar-refractivity contribution in [3.8, 4) is 0 Å². The largest absolute Gasteiger partial charge is 0.378 e. The molecular formula is C10H22N2O. The summed E-state index contributed by atoms with van der Waals surface area (Å²) in [6.45, 7) is 8.10. The molecule has 0 spiro atoms. The number of nitrogens with two attached hydrogens (primary N) is 1. The van der Waals surface area contributed by atoms with Gasteiger partial charge in [0.15, 0.2) is 0 Å². The van der Waals surface area contributed by atoms with Gasteiger partial charge in [-0.3, -0.25) is 4.90 Å². The number of rotatable bonds is 4. The van der Waals surface area contributed by atoms with E-state index in [0.717, 1.165) is 32.7 Å². The maximum atomic E-state index is 5.58. The van der Waals surface area contributed by atoms with Crippen molar-refractivity contribution in [1.82, 2.24) is 4.90 Å². The van der Waals surface area contributed by atoms with E-state index >= 15 is 0 Å². The van der Waals surface area contributed by atoms with Crippen LogP contribution in [0, 0.1) is 0 Å². The highest BCUT2D eigenvalue weighted by Gasteiger charge is 2.25. The fourth-order valence-electron chi connectivity index (χ4n) is 1.92. The summed E-state index contributed by atoms with van der Waals surface area (Å²) < 4.78 is 5.46. The highest BCUT2D eigenvalue weighted by Crippen LogP contribution is 2.15. The van der Waals surface area contributed by atoms with E-state index in [2.05, 4.69) is 18.7 Å². The molecule has 0 radical (unpaired) electrons. The third kappa shape index (κ3) is 2.93. The minimum absolute atomic E-state index is 0.550. The van der Waals surface area contributed by atoms with E-state index in [1.807, 2.05) is 0 Å². The quantitative estimate of drug-likeness (QED) is 0.707. The van der Waals surface area contributed by atoms with Gasteiger partial charge < -0.3 is 10.5 Å². The Morgan fingerprint density at radius 3 is 3.00 bits per heavy atom. The topological polar surface area (TPSA) is 38.5 Å². The van der Waals surface area contributed by atoms with Gasteiger partial charge in [-0.05, 0) is 26.3 Å². The normalized spacial score (nSPS) is 27.5. The summed E-state index contributed by atoms with van der Waals surface area (Å²) in [5.41, 5.74) is 5.58. The lowest BCUT2D eigenvalue weighted by Gasteiger charge is -2.39. The van der Waals surface area contributed by atoms with Crippen LogP contribution >= 0.6 is 0 Å². The van der Waals surface area contributed by atoms with Gasteiger partial charge in [-0.2, -0.15) is 0 Å². The van der Waals surface area contributed by atoms with Gasteiger partial charge in [0, 0.05) is 18.6 Å². The number of hydrogen-bond acceptors (Lipinski definition) is 3. The first kappa shape index (κ1) is 11.0. The molecule has 3 heteroatoms. The first-order valence-corrected chi connectivity index (χ1v) is 5.33. The van der Waals surface area contributed by atoms with Crippen LogP contribution in [0.25, 0.3) is 0 Å². The lowest BCUT2D eigenvalue weighted by atomic mass is 10.1. The smallest absolute Gasteiger partial charge is 0.0623 e. The molecule has 3 nitrogen and oxygen atoms in total. The fraction of sp³-hybridized carbons (Fsp3) is 1.00. The average molecular weight is 186 g/mol. The van der Waals surface area contributed by atoms with Crippen molar-refractivity contribution < 1.29 is 4.74 Å². The second kappa shape index (κ2) is 5.58. The number of ether oxygens (including phenoxy) is 1. The molecule has 0 aromatic heterocycles. The monoisotopic (exact) mass is 186 g/mol. The Morgan fingerprint density at radius 1 is 1.62 bits per heavy atom. The molecule has 13 heavy (non-hydrogen) atoms. The number of nitrogens with zero attached hydrogens (tertiary/aromatic N) is 1. The molecule has 2 unspecified atom stereocenters. The van der Waals surface area contributed by atoms with Crippen LogP contribution in [0.2, 0.25) is 0 Å². The van der Waals surface area contributed by atoms with E-state index in [-0.39, 0.29) is 0 Å². The lowest BCUT2D eigenvalue weighted by Crippen LogP contribution is -2.50. The number of hydrogen-bond donors (Lipinski definition) is 1. The van der Waals surface area contributed by atoms with E-state index in [1.54, 1.807) is 0 Å². The molecule has 1 aliphatic heterocycles. The molecule has 1 fully saturated rings. The molecular weight excluding hydrogens is 164 g/mol. The maximum Gasteiger partial charge on any atom is 0.0623 e. The molecule has 1 rings (SSSR count). The zero-order valence-corrected chi connectivity index (χ0v) is 8.83. The second-order valence-electron chi connectivity index (χ2n) is 3.80. The van der Waals surface area contributed by atoms with Gasteiger partial charge in [0.1, 0.15) is 0 Å². The van der Waals surface area contributed by atoms with Crippen molar-refractivity contribution in [2.75, 3.05) is 26.3 Å². The van der Waals surface area contributed by atoms with Crippen LogP contribution in [0.3, 0.4) is 0 Å². The zero-order valence-electron chi connectivity index (χ0n) is 8.83. The highest BCUT2D eigenvalue weighted by molar-refractivity contribution is 4.79. The standard InChI is InChI=1S/C10H22N2O/c1-3-9(2)12-6-7-13-8-10(12)4-5-11/h9-10H,3-8,11H2,1-2H3. The first-order chi connectivity index (χ1) is 6.29. The molecule has 1 aliphatic rings. The molecule has 0 aromatic rings. The summed E-state index contributed by atoms with van der Waals surface area (Å²) in [7, 11) is 0. The Morgan fingerprint density at radius 2 is 2.38 bits per heavy atom. The van der Waals surface area contributed by atoms with E-state index in [4.69, 9.17) is 10.5 Å². The van der Waals surface area contributed by atoms with Crippen LogP contribution < -0.4 is 5.73 Å². The van der Waals surface area contributed by atoms with E-state index in [0.29, 0.717) is 12.1 Å². The summed E-state index contributed by atoms with van der Waals surface area (Å²) >= 11 is 0. The average Bonchev–Trinajstić information content (AvgIpc) is 2.18. The van der Waals surface area contributed by atoms with Crippen LogP contribution in [0.15, 0.2) is 0 Å². The second-order valence-corrected chi connectivity index (χ2v) is 3.80. The summed E-state index contributed by atoms with van der Waals surface area (Å²) in [5, 5.41) is 0. The van der Waals surface area contributed by atoms with Gasteiger partial charge >= 0.3 is 0 Å². The minimum atomic E-state index is 0.550. The summed E-state index contributed by atoms with van der Waals surface area (Å²) in [4.78, 5) is 2.54. The molecule has 0 aromatic carbocycles. The van der Waals surface area contributed by atoms with Crippen molar-refractivity contribution in [3.63, 3.8) is 0 Å². The van der Waals surface area contributed by atoms with Gasteiger partial charge in [0.05, 0.1) is 13.2 Å². The molecule has 78 valence electrons. The molecule has 0 bridgehead atoms. The van der Waals surface area contributed by atoms with Crippen LogP contribution in [0.1, 0.15) is 26.7 Å². The Labute approximate surface area is 81.2 Å². The third-order valence-electron chi connectivity index (χ3n) is 2.93. The third-order valence-corrected chi connectivity index (χ3v) is 2.93. The van der Waals surface area contributed by atoms with E-state index in [9.17, 15) is 0 Å². The first-order valence-electron chi connectivity index (χ1n) is 5.33. The van der Waals surface area contributed by atoms with Gasteiger partial charge in [-0.1, -0.05) is 6.92 Å². The predicted molar refractivity (Wildman–Crippen MR) is 54.7 cm³/mol. The molecule has 2 N–H and O–H groups in total. The Hall–Kier alpha value is -0.120. The molecule has 1 saturated heterocycles. The van der Waals surface area contributed by atoms with Crippen molar-refractivity contribution in [3.05, 3.63) is 0 Å². The van der Waals surface area contributed by atoms with Crippen molar-refractivity contribution in [2.24, 2.45) is 5.73 Å². The summed E-state index contributed by atoms with van der Waals surface area (Å²) in [5.74, 6) is 0. The van der Waals surface area contributed by atoms with Gasteiger partial charge in [-0.25, -0.2) is 0 Å². The van der Waals surface area contributed by atoms with E-state index < -0.39 is 0 Å². The van der Waals surface area contributed by atoms with Crippen molar-refractivity contribution in [2.45, 2.75) is 38.8 Å². The maximum absolute atomic E-state index is 5.58. The van der Waals surface area contributed by atoms with Crippen LogP contribution in [-0.4, -0.2) is 43.3 Å². The summed E-state index contributed by atoms with van der Waals surface area (Å²) in [6.07, 6.45) is 2.27. The van der Waals surface area contributed by atoms with E-state index in [1.165, 1.54) is 6.42 Å². The van der Waals surface area contributed by atoms with Crippen LogP contribution in [0.4, 0.5) is 0 Å². The van der Waals surface area contributed by atoms with Gasteiger partial charge in [0.25, 0.3) is 0 Å². The molecule has 2 atom stereocenters. The Balaban J connectivity index is 2.45. The van der Waals surface area contributed by atoms with Crippen molar-refractivity contribution >= 4 is 0 Å². The molecule has 0 amide bonds. The van der Waals surface area contributed by atoms with Crippen LogP contribution in [0.5, 0.6) is 0 Å². The Kier molecular flexibility index (Phi) is 4.70. The van der Waals surface area contributed by atoms with Crippen LogP contribution in [-0.2, 0) is 4.74 Å². The molecule has 1 heterocycles. The summed E-state index contributed by atoms with van der Waals surface area (Å²) in [6, 6.07) is 1.22. The highest BCUT2D eigenvalue weighted by atomic mass is 16.5. The van der Waals surface area contributed by atoms with Gasteiger partial charge in [-0.15, -0.1) is 0 Å². The molecule has 0 saturated carbocycles. The number of morpholine rings is 1. The van der Waals surface area contributed by atoms with Crippen molar-refractivity contribution in [1.29, 1.82) is 0 Å². The predicted octanol–water partition coefficient (Wildman–Crippen LogP) is 0.835. The van der Waals surface area contributed by atoms with Gasteiger partial charge in [0.2, 0.25) is 0 Å². The zero-order chi connectivity index (χ0) is 9.68. The Bertz CT molecular complexity index is 139.